The summed E-state index contributed by atoms with van der Waals surface area (Å²) >= 11 is 0. The monoisotopic (exact) mass is 480 g/mol. The lowest BCUT2D eigenvalue weighted by atomic mass is 10.0. The summed E-state index contributed by atoms with van der Waals surface area (Å²) in [6, 6.07) is 16.4. The van der Waals surface area contributed by atoms with Crippen LogP contribution < -0.4 is 10.6 Å². The van der Waals surface area contributed by atoms with Crippen LogP contribution in [0.25, 0.3) is 0 Å². The maximum absolute atomic E-state index is 12.9. The average Bonchev–Trinajstić information content (AvgIpc) is 2.81. The molecule has 0 unspecified atom stereocenters. The Hall–Kier alpha value is -3.94. The highest BCUT2D eigenvalue weighted by atomic mass is 16.6. The molecule has 2 N–H and O–H groups in total. The number of ether oxygens (including phenoxy) is 2. The summed E-state index contributed by atoms with van der Waals surface area (Å²) in [7, 11) is 0. The van der Waals surface area contributed by atoms with E-state index in [0.29, 0.717) is 0 Å². The summed E-state index contributed by atoms with van der Waals surface area (Å²) in [6.45, 7) is 6.69. The number of hydrogen-bond acceptors (Lipinski definition) is 6. The number of nitrogens with one attached hydrogen (secondary N) is 2. The molecule has 0 radical (unpaired) electrons. The first-order valence-corrected chi connectivity index (χ1v) is 11.3. The Bertz CT molecular complexity index is 1030. The fourth-order valence-electron chi connectivity index (χ4n) is 2.98. The zero-order chi connectivity index (χ0) is 25.8. The van der Waals surface area contributed by atoms with Crippen LogP contribution in [0, 0.1) is 0 Å². The molecule has 0 aromatic heterocycles. The fraction of sp³-hybridized carbons (Fsp3) is 0.333. The standard InChI is InChI=1S/C27H32N2O6/c1-19(23(30)15-16-24(31)35-27(2,3)4)28-25(32)22(17-20-11-7-5-8-12-20)29-26(33)34-18-21-13-9-6-10-14-21/h5-16,19,22H,17-18H2,1-4H3,(H,28,32)(H,29,33)/b16-15+/t19-,22-/m0/s1. The van der Waals surface area contributed by atoms with Gasteiger partial charge in [-0.05, 0) is 44.9 Å². The Morgan fingerprint density at radius 2 is 1.43 bits per heavy atom. The minimum absolute atomic E-state index is 0.0523. The van der Waals surface area contributed by atoms with Crippen molar-refractivity contribution in [2.24, 2.45) is 0 Å². The molecule has 0 saturated heterocycles. The lowest BCUT2D eigenvalue weighted by Gasteiger charge is -2.20. The van der Waals surface area contributed by atoms with E-state index >= 15 is 0 Å². The third kappa shape index (κ3) is 10.7. The van der Waals surface area contributed by atoms with Crippen molar-refractivity contribution in [2.75, 3.05) is 0 Å². The zero-order valence-electron chi connectivity index (χ0n) is 20.4. The molecule has 2 amide bonds. The van der Waals surface area contributed by atoms with Crippen LogP contribution in [-0.2, 0) is 36.9 Å². The number of hydrogen-bond donors (Lipinski definition) is 2. The van der Waals surface area contributed by atoms with E-state index in [1.807, 2.05) is 60.7 Å². The number of esters is 1. The van der Waals surface area contributed by atoms with Gasteiger partial charge in [-0.3, -0.25) is 9.59 Å². The number of amides is 2. The average molecular weight is 481 g/mol. The molecule has 186 valence electrons. The molecular weight excluding hydrogens is 448 g/mol. The SMILES string of the molecule is C[C@H](NC(=O)[C@H](Cc1ccccc1)NC(=O)OCc1ccccc1)C(=O)/C=C/C(=O)OC(C)(C)C. The number of carbonyl (C=O) groups excluding carboxylic acids is 4. The molecule has 0 heterocycles. The van der Waals surface area contributed by atoms with Crippen molar-refractivity contribution in [3.63, 3.8) is 0 Å². The van der Waals surface area contributed by atoms with Crippen molar-refractivity contribution < 1.29 is 28.7 Å². The molecule has 0 aliphatic carbocycles. The third-order valence-electron chi connectivity index (χ3n) is 4.68. The van der Waals surface area contributed by atoms with Crippen molar-refractivity contribution in [3.05, 3.63) is 83.9 Å². The number of carbonyl (C=O) groups is 4. The van der Waals surface area contributed by atoms with Crippen LogP contribution in [-0.4, -0.2) is 41.4 Å². The summed E-state index contributed by atoms with van der Waals surface area (Å²) in [5.41, 5.74) is 0.943. The molecule has 35 heavy (non-hydrogen) atoms. The van der Waals surface area contributed by atoms with Gasteiger partial charge in [-0.15, -0.1) is 0 Å². The smallest absolute Gasteiger partial charge is 0.408 e. The molecule has 0 bridgehead atoms. The number of ketones is 1. The Kier molecular flexibility index (Phi) is 10.2. The van der Waals surface area contributed by atoms with E-state index < -0.39 is 41.4 Å². The van der Waals surface area contributed by atoms with E-state index in [1.165, 1.54) is 6.92 Å². The van der Waals surface area contributed by atoms with Gasteiger partial charge in [0.15, 0.2) is 5.78 Å². The van der Waals surface area contributed by atoms with Crippen LogP contribution in [0.3, 0.4) is 0 Å². The lowest BCUT2D eigenvalue weighted by molar-refractivity contribution is -0.148. The van der Waals surface area contributed by atoms with E-state index in [0.717, 1.165) is 23.3 Å². The number of rotatable bonds is 10. The first-order valence-electron chi connectivity index (χ1n) is 11.3. The van der Waals surface area contributed by atoms with Crippen molar-refractivity contribution in [2.45, 2.75) is 58.4 Å². The second-order valence-corrected chi connectivity index (χ2v) is 8.95. The summed E-state index contributed by atoms with van der Waals surface area (Å²) in [5.74, 6) is -1.71. The van der Waals surface area contributed by atoms with Crippen LogP contribution in [0.15, 0.2) is 72.8 Å². The van der Waals surface area contributed by atoms with Crippen molar-refractivity contribution in [3.8, 4) is 0 Å². The topological polar surface area (TPSA) is 111 Å². The van der Waals surface area contributed by atoms with Crippen LogP contribution in [0.2, 0.25) is 0 Å². The molecule has 2 aromatic rings. The van der Waals surface area contributed by atoms with Gasteiger partial charge in [-0.1, -0.05) is 60.7 Å². The minimum Gasteiger partial charge on any atom is -0.457 e. The molecule has 0 aliphatic heterocycles. The zero-order valence-corrected chi connectivity index (χ0v) is 20.4. The summed E-state index contributed by atoms with van der Waals surface area (Å²) in [4.78, 5) is 49.5. The van der Waals surface area contributed by atoms with Gasteiger partial charge in [0.1, 0.15) is 18.2 Å². The lowest BCUT2D eigenvalue weighted by Crippen LogP contribution is -2.51. The Morgan fingerprint density at radius 1 is 0.857 bits per heavy atom. The molecule has 2 rings (SSSR count). The van der Waals surface area contributed by atoms with Gasteiger partial charge in [0.05, 0.1) is 6.04 Å². The number of benzene rings is 2. The molecule has 2 aromatic carbocycles. The minimum atomic E-state index is -0.981. The Morgan fingerprint density at radius 3 is 2.00 bits per heavy atom. The maximum atomic E-state index is 12.9. The van der Waals surface area contributed by atoms with Gasteiger partial charge in [0, 0.05) is 12.5 Å². The quantitative estimate of drug-likeness (QED) is 0.398. The highest BCUT2D eigenvalue weighted by Crippen LogP contribution is 2.08. The number of alkyl carbamates (subject to hydrolysis) is 1. The Balaban J connectivity index is 2.00. The normalized spacial score (nSPS) is 12.9. The highest BCUT2D eigenvalue weighted by Gasteiger charge is 2.25. The first kappa shape index (κ1) is 27.3. The van der Waals surface area contributed by atoms with Crippen LogP contribution in [0.4, 0.5) is 4.79 Å². The first-order chi connectivity index (χ1) is 16.5. The molecular formula is C27H32N2O6. The van der Waals surface area contributed by atoms with Gasteiger partial charge in [-0.2, -0.15) is 0 Å². The van der Waals surface area contributed by atoms with E-state index in [2.05, 4.69) is 10.6 Å². The van der Waals surface area contributed by atoms with Gasteiger partial charge in [0.25, 0.3) is 0 Å². The molecule has 2 atom stereocenters. The molecule has 0 aliphatic rings. The van der Waals surface area contributed by atoms with Gasteiger partial charge in [-0.25, -0.2) is 9.59 Å². The van der Waals surface area contributed by atoms with Gasteiger partial charge >= 0.3 is 12.1 Å². The second-order valence-electron chi connectivity index (χ2n) is 8.95. The molecule has 0 spiro atoms. The van der Waals surface area contributed by atoms with E-state index in [-0.39, 0.29) is 13.0 Å². The maximum Gasteiger partial charge on any atom is 0.408 e. The highest BCUT2D eigenvalue weighted by molar-refractivity contribution is 6.01. The van der Waals surface area contributed by atoms with Crippen molar-refractivity contribution in [1.82, 2.24) is 10.6 Å². The van der Waals surface area contributed by atoms with Crippen LogP contribution >= 0.6 is 0 Å². The second kappa shape index (κ2) is 13.1. The van der Waals surface area contributed by atoms with E-state index in [1.54, 1.807) is 20.8 Å². The largest absolute Gasteiger partial charge is 0.457 e. The summed E-state index contributed by atoms with van der Waals surface area (Å²) in [6.07, 6.45) is 1.53. The predicted octanol–water partition coefficient (Wildman–Crippen LogP) is 3.50. The third-order valence-corrected chi connectivity index (χ3v) is 4.68. The molecule has 8 heteroatoms. The summed E-state index contributed by atoms with van der Waals surface area (Å²) in [5, 5.41) is 5.17. The predicted molar refractivity (Wildman–Crippen MR) is 131 cm³/mol. The van der Waals surface area contributed by atoms with Crippen LogP contribution in [0.1, 0.15) is 38.8 Å². The molecule has 0 saturated carbocycles. The van der Waals surface area contributed by atoms with E-state index in [9.17, 15) is 19.2 Å². The van der Waals surface area contributed by atoms with Gasteiger partial charge in [0.2, 0.25) is 5.91 Å². The van der Waals surface area contributed by atoms with Crippen molar-refractivity contribution in [1.29, 1.82) is 0 Å². The van der Waals surface area contributed by atoms with Crippen molar-refractivity contribution >= 4 is 23.8 Å². The Labute approximate surface area is 205 Å². The summed E-state index contributed by atoms with van der Waals surface area (Å²) < 4.78 is 10.4. The molecule has 0 fully saturated rings. The van der Waals surface area contributed by atoms with E-state index in [4.69, 9.17) is 9.47 Å². The van der Waals surface area contributed by atoms with Gasteiger partial charge < -0.3 is 20.1 Å². The fourth-order valence-corrected chi connectivity index (χ4v) is 2.98. The van der Waals surface area contributed by atoms with Crippen LogP contribution in [0.5, 0.6) is 0 Å². The molecule has 8 nitrogen and oxygen atoms in total.